The van der Waals surface area contributed by atoms with Crippen LogP contribution in [-0.4, -0.2) is 36.2 Å². The minimum atomic E-state index is -0.908. The van der Waals surface area contributed by atoms with Gasteiger partial charge in [0.25, 0.3) is 0 Å². The molecular weight excluding hydrogens is 270 g/mol. The van der Waals surface area contributed by atoms with E-state index in [1.165, 1.54) is 0 Å². The second-order valence-corrected chi connectivity index (χ2v) is 5.44. The normalized spacial score (nSPS) is 16.0. The topological polar surface area (TPSA) is 66.8 Å². The standard InChI is InChI=1S/C16H21NO4/c1-21-16(9-5-10-16)12-14(18)17(11-8-15(19)20)13-6-3-2-4-7-13/h2-4,6-7H,5,8-12H2,1H3,(H,19,20). The van der Waals surface area contributed by atoms with Crippen molar-refractivity contribution in [3.8, 4) is 0 Å². The predicted octanol–water partition coefficient (Wildman–Crippen LogP) is 2.45. The van der Waals surface area contributed by atoms with E-state index in [1.54, 1.807) is 12.0 Å². The number of amides is 1. The molecule has 114 valence electrons. The van der Waals surface area contributed by atoms with Crippen LogP contribution in [0, 0.1) is 0 Å². The number of anilines is 1. The molecule has 1 amide bonds. The Hall–Kier alpha value is -1.88. The molecule has 0 atom stereocenters. The highest BCUT2D eigenvalue weighted by atomic mass is 16.5. The molecule has 1 fully saturated rings. The minimum absolute atomic E-state index is 0.0688. The van der Waals surface area contributed by atoms with Gasteiger partial charge in [0.05, 0.1) is 18.4 Å². The molecule has 1 aromatic rings. The summed E-state index contributed by atoms with van der Waals surface area (Å²) in [5.41, 5.74) is 0.377. The number of benzene rings is 1. The maximum absolute atomic E-state index is 12.6. The molecule has 1 aliphatic carbocycles. The van der Waals surface area contributed by atoms with E-state index in [9.17, 15) is 9.59 Å². The first-order valence-corrected chi connectivity index (χ1v) is 7.19. The van der Waals surface area contributed by atoms with Crippen LogP contribution in [0.2, 0.25) is 0 Å². The number of ether oxygens (including phenoxy) is 1. The SMILES string of the molecule is COC1(CC(=O)N(CCC(=O)O)c2ccccc2)CCC1. The van der Waals surface area contributed by atoms with Crippen LogP contribution in [0.1, 0.15) is 32.1 Å². The van der Waals surface area contributed by atoms with E-state index in [4.69, 9.17) is 9.84 Å². The minimum Gasteiger partial charge on any atom is -0.481 e. The quantitative estimate of drug-likeness (QED) is 0.838. The van der Waals surface area contributed by atoms with Gasteiger partial charge in [0.15, 0.2) is 0 Å². The van der Waals surface area contributed by atoms with E-state index >= 15 is 0 Å². The number of hydrogen-bond donors (Lipinski definition) is 1. The Morgan fingerprint density at radius 3 is 2.43 bits per heavy atom. The molecular formula is C16H21NO4. The molecule has 21 heavy (non-hydrogen) atoms. The Balaban J connectivity index is 2.10. The van der Waals surface area contributed by atoms with E-state index in [2.05, 4.69) is 0 Å². The lowest BCUT2D eigenvalue weighted by Crippen LogP contribution is -2.45. The van der Waals surface area contributed by atoms with Crippen molar-refractivity contribution >= 4 is 17.6 Å². The fourth-order valence-electron chi connectivity index (χ4n) is 2.61. The number of carboxylic acid groups (broad SMARTS) is 1. The molecule has 0 heterocycles. The van der Waals surface area contributed by atoms with E-state index in [0.29, 0.717) is 6.42 Å². The third-order valence-corrected chi connectivity index (χ3v) is 4.09. The van der Waals surface area contributed by atoms with Crippen molar-refractivity contribution in [2.24, 2.45) is 0 Å². The molecule has 0 aliphatic heterocycles. The number of carbonyl (C=O) groups excluding carboxylic acids is 1. The van der Waals surface area contributed by atoms with Crippen molar-refractivity contribution in [1.29, 1.82) is 0 Å². The first-order chi connectivity index (χ1) is 10.1. The van der Waals surface area contributed by atoms with Crippen molar-refractivity contribution in [3.05, 3.63) is 30.3 Å². The van der Waals surface area contributed by atoms with Crippen LogP contribution in [-0.2, 0) is 14.3 Å². The lowest BCUT2D eigenvalue weighted by atomic mass is 9.77. The summed E-state index contributed by atoms with van der Waals surface area (Å²) in [5.74, 6) is -0.988. The maximum atomic E-state index is 12.6. The van der Waals surface area contributed by atoms with Gasteiger partial charge >= 0.3 is 5.97 Å². The van der Waals surface area contributed by atoms with Gasteiger partial charge in [-0.05, 0) is 31.4 Å². The zero-order valence-electron chi connectivity index (χ0n) is 12.2. The van der Waals surface area contributed by atoms with Gasteiger partial charge in [-0.25, -0.2) is 0 Å². The largest absolute Gasteiger partial charge is 0.481 e. The summed E-state index contributed by atoms with van der Waals surface area (Å²) in [6.07, 6.45) is 3.08. The van der Waals surface area contributed by atoms with Crippen LogP contribution in [0.15, 0.2) is 30.3 Å². The van der Waals surface area contributed by atoms with Crippen molar-refractivity contribution < 1.29 is 19.4 Å². The van der Waals surface area contributed by atoms with Crippen LogP contribution in [0.4, 0.5) is 5.69 Å². The van der Waals surface area contributed by atoms with Gasteiger partial charge in [-0.1, -0.05) is 18.2 Å². The number of nitrogens with zero attached hydrogens (tertiary/aromatic N) is 1. The van der Waals surface area contributed by atoms with Crippen LogP contribution in [0.3, 0.4) is 0 Å². The third kappa shape index (κ3) is 3.82. The molecule has 1 aromatic carbocycles. The van der Waals surface area contributed by atoms with Gasteiger partial charge in [0.2, 0.25) is 5.91 Å². The Kier molecular flexibility index (Phi) is 4.96. The highest BCUT2D eigenvalue weighted by Crippen LogP contribution is 2.38. The monoisotopic (exact) mass is 291 g/mol. The molecule has 0 aromatic heterocycles. The van der Waals surface area contributed by atoms with Gasteiger partial charge in [-0.3, -0.25) is 9.59 Å². The summed E-state index contributed by atoms with van der Waals surface area (Å²) < 4.78 is 5.49. The Labute approximate surface area is 124 Å². The number of rotatable bonds is 7. The van der Waals surface area contributed by atoms with E-state index in [1.807, 2.05) is 30.3 Å². The predicted molar refractivity (Wildman–Crippen MR) is 79.3 cm³/mol. The molecule has 1 N–H and O–H groups in total. The number of carboxylic acids is 1. The highest BCUT2D eigenvalue weighted by molar-refractivity contribution is 5.94. The average Bonchev–Trinajstić information content (AvgIpc) is 2.44. The molecule has 2 rings (SSSR count). The number of methoxy groups -OCH3 is 1. The summed E-state index contributed by atoms with van der Waals surface area (Å²) in [4.78, 5) is 24.9. The summed E-state index contributed by atoms with van der Waals surface area (Å²) >= 11 is 0. The van der Waals surface area contributed by atoms with Gasteiger partial charge < -0.3 is 14.7 Å². The molecule has 0 spiro atoms. The fraction of sp³-hybridized carbons (Fsp3) is 0.500. The van der Waals surface area contributed by atoms with Crippen molar-refractivity contribution in [3.63, 3.8) is 0 Å². The maximum Gasteiger partial charge on any atom is 0.305 e. The third-order valence-electron chi connectivity index (χ3n) is 4.09. The van der Waals surface area contributed by atoms with Gasteiger partial charge in [0, 0.05) is 19.3 Å². The molecule has 5 nitrogen and oxygen atoms in total. The lowest BCUT2D eigenvalue weighted by Gasteiger charge is -2.41. The zero-order chi connectivity index (χ0) is 15.3. The average molecular weight is 291 g/mol. The number of para-hydroxylation sites is 1. The summed E-state index contributed by atoms with van der Waals surface area (Å²) in [5, 5.41) is 8.86. The molecule has 0 unspecified atom stereocenters. The van der Waals surface area contributed by atoms with Crippen LogP contribution < -0.4 is 4.90 Å². The highest BCUT2D eigenvalue weighted by Gasteiger charge is 2.40. The Morgan fingerprint density at radius 1 is 1.29 bits per heavy atom. The molecule has 0 bridgehead atoms. The number of hydrogen-bond acceptors (Lipinski definition) is 3. The molecule has 5 heteroatoms. The van der Waals surface area contributed by atoms with Crippen molar-refractivity contribution in [2.45, 2.75) is 37.7 Å². The summed E-state index contributed by atoms with van der Waals surface area (Å²) in [7, 11) is 1.64. The lowest BCUT2D eigenvalue weighted by molar-refractivity contribution is -0.136. The van der Waals surface area contributed by atoms with Crippen LogP contribution >= 0.6 is 0 Å². The zero-order valence-corrected chi connectivity index (χ0v) is 12.2. The Morgan fingerprint density at radius 2 is 1.95 bits per heavy atom. The second-order valence-electron chi connectivity index (χ2n) is 5.44. The van der Waals surface area contributed by atoms with Gasteiger partial charge in [0.1, 0.15) is 0 Å². The summed E-state index contributed by atoms with van der Waals surface area (Å²) in [6.45, 7) is 0.179. The first kappa shape index (κ1) is 15.5. The van der Waals surface area contributed by atoms with Gasteiger partial charge in [-0.2, -0.15) is 0 Å². The molecule has 0 saturated heterocycles. The fourth-order valence-corrected chi connectivity index (χ4v) is 2.61. The van der Waals surface area contributed by atoms with E-state index in [-0.39, 0.29) is 24.5 Å². The first-order valence-electron chi connectivity index (χ1n) is 7.19. The van der Waals surface area contributed by atoms with Crippen molar-refractivity contribution in [2.75, 3.05) is 18.6 Å². The molecule has 1 aliphatic rings. The van der Waals surface area contributed by atoms with E-state index < -0.39 is 5.97 Å². The number of aliphatic carboxylic acids is 1. The smallest absolute Gasteiger partial charge is 0.305 e. The van der Waals surface area contributed by atoms with Crippen LogP contribution in [0.25, 0.3) is 0 Å². The van der Waals surface area contributed by atoms with Crippen LogP contribution in [0.5, 0.6) is 0 Å². The van der Waals surface area contributed by atoms with Crippen molar-refractivity contribution in [1.82, 2.24) is 0 Å². The second kappa shape index (κ2) is 6.72. The Bertz CT molecular complexity index is 491. The number of carbonyl (C=O) groups is 2. The molecule has 0 radical (unpaired) electrons. The van der Waals surface area contributed by atoms with E-state index in [0.717, 1.165) is 24.9 Å². The molecule has 1 saturated carbocycles. The summed E-state index contributed by atoms with van der Waals surface area (Å²) in [6, 6.07) is 9.18. The van der Waals surface area contributed by atoms with Gasteiger partial charge in [-0.15, -0.1) is 0 Å².